The zero-order valence-electron chi connectivity index (χ0n) is 11.4. The van der Waals surface area contributed by atoms with Crippen molar-refractivity contribution in [1.82, 2.24) is 4.57 Å². The fraction of sp³-hybridized carbons (Fsp3) is 0.200. The summed E-state index contributed by atoms with van der Waals surface area (Å²) in [6, 6.07) is 1.87. The Balaban J connectivity index is 2.03. The van der Waals surface area contributed by atoms with Crippen molar-refractivity contribution >= 4 is 12.2 Å². The van der Waals surface area contributed by atoms with Crippen LogP contribution in [0.2, 0.25) is 0 Å². The Labute approximate surface area is 124 Å². The number of hydrogen-bond acceptors (Lipinski definition) is 3. The van der Waals surface area contributed by atoms with Gasteiger partial charge in [0.05, 0.1) is 0 Å². The lowest BCUT2D eigenvalue weighted by Gasteiger charge is -2.12. The van der Waals surface area contributed by atoms with Gasteiger partial charge in [0.15, 0.2) is 17.9 Å². The van der Waals surface area contributed by atoms with Gasteiger partial charge in [-0.15, -0.1) is 0 Å². The molecule has 2 rings (SSSR count). The van der Waals surface area contributed by atoms with E-state index < -0.39 is 23.5 Å². The molecule has 7 heteroatoms. The van der Waals surface area contributed by atoms with Crippen molar-refractivity contribution < 1.29 is 22.8 Å². The van der Waals surface area contributed by atoms with Crippen LogP contribution in [0.25, 0.3) is 0 Å². The minimum atomic E-state index is -1.28. The smallest absolute Gasteiger partial charge is 0.232 e. The minimum absolute atomic E-state index is 0.0970. The van der Waals surface area contributed by atoms with Gasteiger partial charge >= 0.3 is 0 Å². The van der Waals surface area contributed by atoms with Gasteiger partial charge in [-0.25, -0.2) is 13.2 Å². The van der Waals surface area contributed by atoms with Crippen molar-refractivity contribution in [3.8, 4) is 0 Å². The highest BCUT2D eigenvalue weighted by Gasteiger charge is 2.16. The topological polar surface area (TPSA) is 65.1 Å². The highest BCUT2D eigenvalue weighted by Crippen LogP contribution is 2.16. The van der Waals surface area contributed by atoms with E-state index in [-0.39, 0.29) is 24.3 Å². The van der Waals surface area contributed by atoms with Crippen molar-refractivity contribution in [2.24, 2.45) is 5.73 Å². The third-order valence-corrected chi connectivity index (χ3v) is 3.15. The first-order chi connectivity index (χ1) is 10.4. The summed E-state index contributed by atoms with van der Waals surface area (Å²) >= 11 is 0. The molecule has 0 radical (unpaired) electrons. The van der Waals surface area contributed by atoms with Gasteiger partial charge in [0.2, 0.25) is 5.91 Å². The Morgan fingerprint density at radius 1 is 1.23 bits per heavy atom. The second kappa shape index (κ2) is 6.57. The monoisotopic (exact) mass is 310 g/mol. The molecular formula is C15H13F3N2O2. The molecule has 1 aromatic carbocycles. The Morgan fingerprint density at radius 3 is 2.55 bits per heavy atom. The molecule has 1 heterocycles. The van der Waals surface area contributed by atoms with Crippen LogP contribution in [0.4, 0.5) is 13.2 Å². The zero-order valence-corrected chi connectivity index (χ0v) is 11.4. The van der Waals surface area contributed by atoms with E-state index in [1.165, 1.54) is 23.0 Å². The number of carbonyl (C=O) groups is 2. The fourth-order valence-electron chi connectivity index (χ4n) is 2.04. The predicted octanol–water partition coefficient (Wildman–Crippen LogP) is 2.32. The summed E-state index contributed by atoms with van der Waals surface area (Å²) in [5.74, 6) is -3.75. The van der Waals surface area contributed by atoms with Crippen LogP contribution in [0.15, 0.2) is 30.6 Å². The normalized spacial score (nSPS) is 12.2. The van der Waals surface area contributed by atoms with Crippen molar-refractivity contribution in [2.45, 2.75) is 18.9 Å². The number of carbonyl (C=O) groups excluding carboxylic acids is 2. The summed E-state index contributed by atoms with van der Waals surface area (Å²) in [6.07, 6.45) is 3.11. The molecule has 0 aliphatic carbocycles. The number of halogens is 3. The number of nitrogens with two attached hydrogens (primary N) is 1. The van der Waals surface area contributed by atoms with Crippen LogP contribution in [-0.4, -0.2) is 22.8 Å². The summed E-state index contributed by atoms with van der Waals surface area (Å²) in [5.41, 5.74) is 6.00. The van der Waals surface area contributed by atoms with Crippen LogP contribution < -0.4 is 5.73 Å². The van der Waals surface area contributed by atoms with Crippen molar-refractivity contribution in [1.29, 1.82) is 0 Å². The molecule has 0 aliphatic heterocycles. The second-order valence-electron chi connectivity index (χ2n) is 4.89. The first-order valence-corrected chi connectivity index (χ1v) is 6.46. The van der Waals surface area contributed by atoms with E-state index in [4.69, 9.17) is 5.73 Å². The van der Waals surface area contributed by atoms with E-state index in [0.29, 0.717) is 17.9 Å². The average molecular weight is 310 g/mol. The molecule has 0 amide bonds. The standard InChI is InChI=1S/C15H13F3N2O2/c16-12-6-14(18)13(17)4-10(12)3-11(19)5-15(22)20-2-1-9(7-20)8-21/h1-2,4,6-8,11H,3,5,19H2/t11-/m1/s1. The number of benzene rings is 1. The molecule has 1 aromatic heterocycles. The summed E-state index contributed by atoms with van der Waals surface area (Å²) in [4.78, 5) is 22.5. The third-order valence-electron chi connectivity index (χ3n) is 3.15. The fourth-order valence-corrected chi connectivity index (χ4v) is 2.04. The third kappa shape index (κ3) is 3.62. The maximum absolute atomic E-state index is 13.5. The van der Waals surface area contributed by atoms with E-state index in [1.54, 1.807) is 0 Å². The van der Waals surface area contributed by atoms with Gasteiger partial charge in [0.1, 0.15) is 5.82 Å². The first kappa shape index (κ1) is 16.0. The lowest BCUT2D eigenvalue weighted by atomic mass is 10.0. The molecule has 2 aromatic rings. The van der Waals surface area contributed by atoms with E-state index in [9.17, 15) is 22.8 Å². The summed E-state index contributed by atoms with van der Waals surface area (Å²) in [7, 11) is 0. The zero-order chi connectivity index (χ0) is 16.3. The molecule has 22 heavy (non-hydrogen) atoms. The predicted molar refractivity (Wildman–Crippen MR) is 73.1 cm³/mol. The summed E-state index contributed by atoms with van der Waals surface area (Å²) in [5, 5.41) is 0. The van der Waals surface area contributed by atoms with Gasteiger partial charge < -0.3 is 5.73 Å². The Hall–Kier alpha value is -2.41. The molecule has 0 aliphatic rings. The molecule has 0 saturated heterocycles. The van der Waals surface area contributed by atoms with Crippen LogP contribution in [0, 0.1) is 17.5 Å². The SMILES string of the molecule is N[C@@H](CC(=O)n1ccc(C=O)c1)Cc1cc(F)c(F)cc1F. The van der Waals surface area contributed by atoms with E-state index >= 15 is 0 Å². The number of rotatable bonds is 5. The van der Waals surface area contributed by atoms with E-state index in [0.717, 1.165) is 6.07 Å². The van der Waals surface area contributed by atoms with E-state index in [1.807, 2.05) is 0 Å². The molecule has 0 unspecified atom stereocenters. The maximum atomic E-state index is 13.5. The number of hydrogen-bond donors (Lipinski definition) is 1. The number of nitrogens with zero attached hydrogens (tertiary/aromatic N) is 1. The van der Waals surface area contributed by atoms with Crippen molar-refractivity contribution in [2.75, 3.05) is 0 Å². The molecule has 116 valence electrons. The van der Waals surface area contributed by atoms with Crippen LogP contribution in [0.1, 0.15) is 27.1 Å². The molecular weight excluding hydrogens is 297 g/mol. The number of aromatic nitrogens is 1. The first-order valence-electron chi connectivity index (χ1n) is 6.46. The van der Waals surface area contributed by atoms with Crippen LogP contribution in [0.3, 0.4) is 0 Å². The molecule has 0 saturated carbocycles. The van der Waals surface area contributed by atoms with Crippen molar-refractivity contribution in [3.63, 3.8) is 0 Å². The van der Waals surface area contributed by atoms with Gasteiger partial charge in [0.25, 0.3) is 0 Å². The Bertz CT molecular complexity index is 713. The highest BCUT2D eigenvalue weighted by molar-refractivity contribution is 5.82. The van der Waals surface area contributed by atoms with Crippen LogP contribution in [-0.2, 0) is 6.42 Å². The van der Waals surface area contributed by atoms with Gasteiger partial charge in [-0.2, -0.15) is 0 Å². The molecule has 0 fully saturated rings. The second-order valence-corrected chi connectivity index (χ2v) is 4.89. The lowest BCUT2D eigenvalue weighted by Crippen LogP contribution is -2.28. The van der Waals surface area contributed by atoms with Crippen LogP contribution >= 0.6 is 0 Å². The average Bonchev–Trinajstić information content (AvgIpc) is 2.93. The summed E-state index contributed by atoms with van der Waals surface area (Å²) in [6.45, 7) is 0. The molecule has 0 spiro atoms. The summed E-state index contributed by atoms with van der Waals surface area (Å²) < 4.78 is 40.6. The minimum Gasteiger partial charge on any atom is -0.327 e. The quantitative estimate of drug-likeness (QED) is 0.681. The van der Waals surface area contributed by atoms with Gasteiger partial charge in [-0.1, -0.05) is 0 Å². The highest BCUT2D eigenvalue weighted by atomic mass is 19.2. The molecule has 2 N–H and O–H groups in total. The lowest BCUT2D eigenvalue weighted by molar-refractivity contribution is 0.0894. The van der Waals surface area contributed by atoms with Gasteiger partial charge in [0, 0.05) is 36.5 Å². The maximum Gasteiger partial charge on any atom is 0.232 e. The molecule has 4 nitrogen and oxygen atoms in total. The van der Waals surface area contributed by atoms with Crippen LogP contribution in [0.5, 0.6) is 0 Å². The Kier molecular flexibility index (Phi) is 4.77. The number of aldehydes is 1. The largest absolute Gasteiger partial charge is 0.327 e. The van der Waals surface area contributed by atoms with Gasteiger partial charge in [-0.05, 0) is 24.1 Å². The van der Waals surface area contributed by atoms with E-state index in [2.05, 4.69) is 0 Å². The van der Waals surface area contributed by atoms with Crippen molar-refractivity contribution in [3.05, 3.63) is 59.2 Å². The molecule has 1 atom stereocenters. The molecule has 0 bridgehead atoms. The Morgan fingerprint density at radius 2 is 1.91 bits per heavy atom. The van der Waals surface area contributed by atoms with Gasteiger partial charge in [-0.3, -0.25) is 14.2 Å².